The summed E-state index contributed by atoms with van der Waals surface area (Å²) in [6, 6.07) is 14.3. The zero-order chi connectivity index (χ0) is 19.0. The molecule has 6 nitrogen and oxygen atoms in total. The van der Waals surface area contributed by atoms with Crippen molar-refractivity contribution < 1.29 is 13.2 Å². The topological polar surface area (TPSA) is 78.8 Å². The summed E-state index contributed by atoms with van der Waals surface area (Å²) in [4.78, 5) is 14.9. The molecule has 1 fully saturated rings. The first-order valence-electron chi connectivity index (χ1n) is 8.70. The third-order valence-electron chi connectivity index (χ3n) is 4.80. The summed E-state index contributed by atoms with van der Waals surface area (Å²) < 4.78 is 29.5. The minimum atomic E-state index is -3.65. The molecule has 0 aliphatic carbocycles. The number of carbonyl (C=O) groups excluding carboxylic acids is 1. The maximum Gasteiger partial charge on any atom is 0.285 e. The van der Waals surface area contributed by atoms with Crippen LogP contribution in [0.3, 0.4) is 0 Å². The molecule has 1 saturated heterocycles. The van der Waals surface area contributed by atoms with Crippen molar-refractivity contribution in [3.63, 3.8) is 0 Å². The Morgan fingerprint density at radius 2 is 2.00 bits per heavy atom. The Kier molecular flexibility index (Phi) is 4.77. The normalized spacial score (nSPS) is 20.7. The summed E-state index contributed by atoms with van der Waals surface area (Å²) in [6.45, 7) is 1.13. The highest BCUT2D eigenvalue weighted by Gasteiger charge is 2.35. The van der Waals surface area contributed by atoms with Crippen LogP contribution in [-0.2, 0) is 14.8 Å². The van der Waals surface area contributed by atoms with E-state index in [2.05, 4.69) is 25.6 Å². The van der Waals surface area contributed by atoms with Crippen molar-refractivity contribution in [1.29, 1.82) is 0 Å². The highest BCUT2D eigenvalue weighted by atomic mass is 79.9. The summed E-state index contributed by atoms with van der Waals surface area (Å²) in [5, 5.41) is 2.95. The van der Waals surface area contributed by atoms with Crippen LogP contribution in [0.25, 0.3) is 0 Å². The largest absolute Gasteiger partial charge is 0.355 e. The van der Waals surface area contributed by atoms with E-state index in [1.54, 1.807) is 24.3 Å². The molecule has 0 spiro atoms. The molecule has 4 rings (SSSR count). The summed E-state index contributed by atoms with van der Waals surface area (Å²) in [7, 11) is -3.65. The van der Waals surface area contributed by atoms with Crippen LogP contribution in [0.5, 0.6) is 0 Å². The molecule has 1 atom stereocenters. The second-order valence-corrected chi connectivity index (χ2v) is 9.16. The lowest BCUT2D eigenvalue weighted by molar-refractivity contribution is -0.121. The first-order valence-corrected chi connectivity index (χ1v) is 10.9. The number of nitrogens with one attached hydrogen (secondary N) is 1. The van der Waals surface area contributed by atoms with E-state index in [0.29, 0.717) is 24.5 Å². The van der Waals surface area contributed by atoms with Gasteiger partial charge >= 0.3 is 0 Å². The highest BCUT2D eigenvalue weighted by Crippen LogP contribution is 2.30. The Morgan fingerprint density at radius 3 is 2.81 bits per heavy atom. The van der Waals surface area contributed by atoms with E-state index in [1.807, 2.05) is 29.2 Å². The predicted molar refractivity (Wildman–Crippen MR) is 107 cm³/mol. The fraction of sp³-hybridized carbons (Fsp3) is 0.263. The fourth-order valence-electron chi connectivity index (χ4n) is 3.51. The summed E-state index contributed by atoms with van der Waals surface area (Å²) in [5.41, 5.74) is 1.35. The van der Waals surface area contributed by atoms with Crippen molar-refractivity contribution >= 4 is 43.4 Å². The number of sulfonamides is 1. The lowest BCUT2D eigenvalue weighted by Gasteiger charge is -2.33. The van der Waals surface area contributed by atoms with Gasteiger partial charge in [0.05, 0.1) is 5.92 Å². The summed E-state index contributed by atoms with van der Waals surface area (Å²) >= 11 is 3.40. The number of amidine groups is 1. The standard InChI is InChI=1S/C19H18BrN3O3S/c20-14-6-3-7-15(11-14)21-19(24)13-5-4-10-23(12-13)18-16-8-1-2-9-17(16)27(25,26)22-18/h1-3,6-9,11,13H,4-5,10,12H2,(H,21,24). The van der Waals surface area contributed by atoms with Crippen molar-refractivity contribution in [2.45, 2.75) is 17.7 Å². The van der Waals surface area contributed by atoms with Crippen molar-refractivity contribution in [3.8, 4) is 0 Å². The van der Waals surface area contributed by atoms with Crippen LogP contribution in [0, 0.1) is 5.92 Å². The Morgan fingerprint density at radius 1 is 1.19 bits per heavy atom. The maximum absolute atomic E-state index is 12.7. The van der Waals surface area contributed by atoms with Crippen molar-refractivity contribution in [2.75, 3.05) is 18.4 Å². The fourth-order valence-corrected chi connectivity index (χ4v) is 5.14. The van der Waals surface area contributed by atoms with Gasteiger partial charge in [0.2, 0.25) is 5.91 Å². The number of likely N-dealkylation sites (tertiary alicyclic amines) is 1. The van der Waals surface area contributed by atoms with E-state index in [9.17, 15) is 13.2 Å². The number of amides is 1. The zero-order valence-corrected chi connectivity index (χ0v) is 16.8. The first-order chi connectivity index (χ1) is 12.9. The van der Waals surface area contributed by atoms with Crippen molar-refractivity contribution in [1.82, 2.24) is 4.90 Å². The zero-order valence-electron chi connectivity index (χ0n) is 14.4. The molecule has 2 aromatic rings. The number of piperidine rings is 1. The third-order valence-corrected chi connectivity index (χ3v) is 6.61. The molecule has 0 saturated carbocycles. The number of carbonyl (C=O) groups is 1. The lowest BCUT2D eigenvalue weighted by atomic mass is 9.96. The van der Waals surface area contributed by atoms with Crippen molar-refractivity contribution in [3.05, 3.63) is 58.6 Å². The average Bonchev–Trinajstić information content (AvgIpc) is 2.93. The van der Waals surface area contributed by atoms with Gasteiger partial charge in [-0.1, -0.05) is 34.1 Å². The van der Waals surface area contributed by atoms with Gasteiger partial charge in [0, 0.05) is 28.8 Å². The SMILES string of the molecule is O=C(Nc1cccc(Br)c1)C1CCCN(C2=NS(=O)(=O)c3ccccc32)C1. The maximum atomic E-state index is 12.7. The van der Waals surface area contributed by atoms with E-state index < -0.39 is 10.0 Å². The van der Waals surface area contributed by atoms with Gasteiger partial charge in [-0.3, -0.25) is 4.79 Å². The second-order valence-electron chi connectivity index (χ2n) is 6.67. The second kappa shape index (κ2) is 7.09. The van der Waals surface area contributed by atoms with Crippen LogP contribution in [0.4, 0.5) is 5.69 Å². The van der Waals surface area contributed by atoms with Gasteiger partial charge in [-0.15, -0.1) is 4.40 Å². The van der Waals surface area contributed by atoms with Gasteiger partial charge < -0.3 is 10.2 Å². The number of fused-ring (bicyclic) bond motifs is 1. The molecule has 0 bridgehead atoms. The molecule has 1 unspecified atom stereocenters. The molecule has 140 valence electrons. The predicted octanol–water partition coefficient (Wildman–Crippen LogP) is 3.25. The average molecular weight is 448 g/mol. The number of hydrogen-bond donors (Lipinski definition) is 1. The van der Waals surface area contributed by atoms with Crippen LogP contribution in [0.15, 0.2) is 62.3 Å². The molecular formula is C19H18BrN3O3S. The number of anilines is 1. The number of rotatable bonds is 2. The number of hydrogen-bond acceptors (Lipinski definition) is 4. The molecule has 1 amide bonds. The van der Waals surface area contributed by atoms with Gasteiger partial charge in [-0.25, -0.2) is 0 Å². The Balaban J connectivity index is 1.53. The number of halogens is 1. The third kappa shape index (κ3) is 3.64. The molecule has 0 aromatic heterocycles. The van der Waals surface area contributed by atoms with Crippen LogP contribution in [-0.4, -0.2) is 38.2 Å². The van der Waals surface area contributed by atoms with Gasteiger partial charge in [-0.05, 0) is 43.2 Å². The lowest BCUT2D eigenvalue weighted by Crippen LogP contribution is -2.43. The van der Waals surface area contributed by atoms with E-state index in [-0.39, 0.29) is 16.7 Å². The molecule has 2 heterocycles. The first kappa shape index (κ1) is 18.2. The minimum absolute atomic E-state index is 0.0625. The summed E-state index contributed by atoms with van der Waals surface area (Å²) in [5.74, 6) is 0.161. The molecule has 2 aliphatic rings. The molecule has 8 heteroatoms. The molecule has 1 N–H and O–H groups in total. The quantitative estimate of drug-likeness (QED) is 0.765. The Bertz CT molecular complexity index is 1040. The molecule has 2 aliphatic heterocycles. The molecule has 2 aromatic carbocycles. The van der Waals surface area contributed by atoms with Crippen LogP contribution >= 0.6 is 15.9 Å². The van der Waals surface area contributed by atoms with Crippen LogP contribution in [0.1, 0.15) is 18.4 Å². The number of nitrogens with zero attached hydrogens (tertiary/aromatic N) is 2. The van der Waals surface area contributed by atoms with Crippen molar-refractivity contribution in [2.24, 2.45) is 10.3 Å². The smallest absolute Gasteiger partial charge is 0.285 e. The monoisotopic (exact) mass is 447 g/mol. The highest BCUT2D eigenvalue weighted by molar-refractivity contribution is 9.10. The van der Waals surface area contributed by atoms with Gasteiger partial charge in [0.25, 0.3) is 10.0 Å². The van der Waals surface area contributed by atoms with E-state index in [4.69, 9.17) is 0 Å². The van der Waals surface area contributed by atoms with Gasteiger partial charge in [0.15, 0.2) is 5.84 Å². The minimum Gasteiger partial charge on any atom is -0.355 e. The number of benzene rings is 2. The van der Waals surface area contributed by atoms with E-state index in [1.165, 1.54) is 0 Å². The van der Waals surface area contributed by atoms with Gasteiger partial charge in [-0.2, -0.15) is 8.42 Å². The van der Waals surface area contributed by atoms with Crippen LogP contribution in [0.2, 0.25) is 0 Å². The molecule has 0 radical (unpaired) electrons. The summed E-state index contributed by atoms with van der Waals surface area (Å²) in [6.07, 6.45) is 1.57. The Labute approximate surface area is 166 Å². The van der Waals surface area contributed by atoms with E-state index in [0.717, 1.165) is 23.0 Å². The van der Waals surface area contributed by atoms with Crippen LogP contribution < -0.4 is 5.32 Å². The van der Waals surface area contributed by atoms with E-state index >= 15 is 0 Å². The molecular weight excluding hydrogens is 430 g/mol. The Hall–Kier alpha value is -2.19. The van der Waals surface area contributed by atoms with Gasteiger partial charge in [0.1, 0.15) is 4.90 Å². The molecule has 27 heavy (non-hydrogen) atoms.